The number of benzene rings is 2. The van der Waals surface area contributed by atoms with Gasteiger partial charge in [-0.25, -0.2) is 0 Å². The molecule has 1 heterocycles. The van der Waals surface area contributed by atoms with Crippen LogP contribution in [0.25, 0.3) is 11.0 Å². The summed E-state index contributed by atoms with van der Waals surface area (Å²) in [6, 6.07) is 8.28. The maximum atomic E-state index is 12.6. The molecule has 1 aliphatic rings. The molecule has 0 unspecified atom stereocenters. The molecule has 2 aromatic carbocycles. The molecule has 0 N–H and O–H groups in total. The van der Waals surface area contributed by atoms with Crippen molar-refractivity contribution in [1.82, 2.24) is 8.75 Å². The van der Waals surface area contributed by atoms with Crippen LogP contribution in [-0.4, -0.2) is 20.3 Å². The Morgan fingerprint density at radius 1 is 0.900 bits per heavy atom. The third-order valence-corrected chi connectivity index (χ3v) is 4.20. The lowest BCUT2D eigenvalue weighted by Crippen LogP contribution is -2.21. The lowest BCUT2D eigenvalue weighted by Gasteiger charge is -2.17. The Balaban J connectivity index is 2.16. The van der Waals surface area contributed by atoms with Crippen molar-refractivity contribution in [2.45, 2.75) is 0 Å². The van der Waals surface area contributed by atoms with E-state index in [-0.39, 0.29) is 11.6 Å². The van der Waals surface area contributed by atoms with Crippen LogP contribution in [0.15, 0.2) is 30.3 Å². The summed E-state index contributed by atoms with van der Waals surface area (Å²) in [7, 11) is 0. The number of aromatic nitrogens is 2. The molecule has 0 saturated carbocycles. The largest absolute Gasteiger partial charge is 0.289 e. The summed E-state index contributed by atoms with van der Waals surface area (Å²) in [5, 5.41) is 0.341. The Labute approximate surface area is 122 Å². The highest BCUT2D eigenvalue weighted by molar-refractivity contribution is 7.00. The number of nitrogens with zero attached hydrogens (tertiary/aromatic N) is 2. The van der Waals surface area contributed by atoms with Crippen molar-refractivity contribution in [3.8, 4) is 0 Å². The van der Waals surface area contributed by atoms with E-state index >= 15 is 0 Å². The van der Waals surface area contributed by atoms with E-state index in [1.54, 1.807) is 24.3 Å². The van der Waals surface area contributed by atoms with Crippen molar-refractivity contribution >= 4 is 45.9 Å². The zero-order chi connectivity index (χ0) is 13.9. The van der Waals surface area contributed by atoms with E-state index in [4.69, 9.17) is 11.6 Å². The topological polar surface area (TPSA) is 59.9 Å². The zero-order valence-electron chi connectivity index (χ0n) is 9.88. The zero-order valence-corrected chi connectivity index (χ0v) is 11.5. The Morgan fingerprint density at radius 3 is 2.30 bits per heavy atom. The minimum absolute atomic E-state index is 0.202. The molecule has 96 valence electrons. The fourth-order valence-electron chi connectivity index (χ4n) is 2.47. The predicted molar refractivity (Wildman–Crippen MR) is 75.7 cm³/mol. The van der Waals surface area contributed by atoms with Crippen LogP contribution in [0, 0.1) is 0 Å². The van der Waals surface area contributed by atoms with Gasteiger partial charge in [0, 0.05) is 16.7 Å². The molecule has 0 saturated heterocycles. The van der Waals surface area contributed by atoms with E-state index in [2.05, 4.69) is 8.75 Å². The first-order valence-electron chi connectivity index (χ1n) is 5.81. The molecule has 0 spiro atoms. The Kier molecular flexibility index (Phi) is 2.31. The van der Waals surface area contributed by atoms with Crippen molar-refractivity contribution in [3.63, 3.8) is 0 Å². The van der Waals surface area contributed by atoms with Crippen molar-refractivity contribution in [1.29, 1.82) is 0 Å². The van der Waals surface area contributed by atoms with Gasteiger partial charge in [0.15, 0.2) is 11.6 Å². The standard InChI is InChI=1S/C14H5ClN2O2S/c15-9-5-8-10(12-11(9)16-20-17-12)14(19)7-4-2-1-3-6(7)13(8)18/h1-5H. The van der Waals surface area contributed by atoms with E-state index in [0.717, 1.165) is 11.7 Å². The van der Waals surface area contributed by atoms with Crippen LogP contribution < -0.4 is 0 Å². The molecule has 0 atom stereocenters. The second-order valence-corrected chi connectivity index (χ2v) is 5.38. The van der Waals surface area contributed by atoms with E-state index in [1.807, 2.05) is 0 Å². The van der Waals surface area contributed by atoms with Crippen LogP contribution in [0.5, 0.6) is 0 Å². The van der Waals surface area contributed by atoms with Gasteiger partial charge in [0.2, 0.25) is 0 Å². The number of rotatable bonds is 0. The van der Waals surface area contributed by atoms with Crippen LogP contribution in [0.2, 0.25) is 5.02 Å². The van der Waals surface area contributed by atoms with Crippen LogP contribution in [-0.2, 0) is 0 Å². The van der Waals surface area contributed by atoms with Gasteiger partial charge in [-0.15, -0.1) is 0 Å². The molecule has 0 fully saturated rings. The molecule has 0 aliphatic heterocycles. The Morgan fingerprint density at radius 2 is 1.55 bits per heavy atom. The Hall–Kier alpha value is -2.11. The number of hydrogen-bond donors (Lipinski definition) is 0. The van der Waals surface area contributed by atoms with Gasteiger partial charge in [0.05, 0.1) is 22.3 Å². The van der Waals surface area contributed by atoms with E-state index in [0.29, 0.717) is 38.3 Å². The normalized spacial score (nSPS) is 13.4. The number of carbonyl (C=O) groups is 2. The molecule has 4 nitrogen and oxygen atoms in total. The highest BCUT2D eigenvalue weighted by atomic mass is 35.5. The summed E-state index contributed by atoms with van der Waals surface area (Å²) in [5.74, 6) is -0.406. The van der Waals surface area contributed by atoms with Gasteiger partial charge >= 0.3 is 0 Å². The van der Waals surface area contributed by atoms with Gasteiger partial charge in [-0.3, -0.25) is 9.59 Å². The average Bonchev–Trinajstić information content (AvgIpc) is 2.94. The second kappa shape index (κ2) is 3.94. The maximum absolute atomic E-state index is 12.6. The number of ketones is 2. The highest BCUT2D eigenvalue weighted by Gasteiger charge is 2.32. The third-order valence-electron chi connectivity index (χ3n) is 3.38. The maximum Gasteiger partial charge on any atom is 0.196 e. The summed E-state index contributed by atoms with van der Waals surface area (Å²) in [6.45, 7) is 0. The van der Waals surface area contributed by atoms with Gasteiger partial charge in [0.1, 0.15) is 11.0 Å². The first kappa shape index (κ1) is 11.7. The molecule has 0 amide bonds. The number of carbonyl (C=O) groups excluding carboxylic acids is 2. The van der Waals surface area contributed by atoms with Crippen LogP contribution in [0.1, 0.15) is 31.8 Å². The average molecular weight is 301 g/mol. The molecular weight excluding hydrogens is 296 g/mol. The van der Waals surface area contributed by atoms with Crippen molar-refractivity contribution < 1.29 is 9.59 Å². The molecule has 0 bridgehead atoms. The molecule has 3 aromatic rings. The van der Waals surface area contributed by atoms with E-state index in [9.17, 15) is 9.59 Å². The van der Waals surface area contributed by atoms with Gasteiger partial charge in [0.25, 0.3) is 0 Å². The molecule has 1 aliphatic carbocycles. The van der Waals surface area contributed by atoms with Crippen molar-refractivity contribution in [2.24, 2.45) is 0 Å². The SMILES string of the molecule is O=C1c2ccccc2C(=O)c2c1cc(Cl)c1nsnc21. The van der Waals surface area contributed by atoms with E-state index < -0.39 is 0 Å². The smallest absolute Gasteiger partial charge is 0.196 e. The minimum atomic E-state index is -0.204. The van der Waals surface area contributed by atoms with Crippen molar-refractivity contribution in [3.05, 3.63) is 57.6 Å². The number of hydrogen-bond acceptors (Lipinski definition) is 5. The summed E-state index contributed by atoms with van der Waals surface area (Å²) in [5.41, 5.74) is 2.30. The monoisotopic (exact) mass is 300 g/mol. The highest BCUT2D eigenvalue weighted by Crippen LogP contribution is 2.35. The molecule has 6 heteroatoms. The van der Waals surface area contributed by atoms with Crippen molar-refractivity contribution in [2.75, 3.05) is 0 Å². The number of halogens is 1. The summed E-state index contributed by atoms with van der Waals surface area (Å²) >= 11 is 7.09. The third kappa shape index (κ3) is 1.36. The molecule has 1 aromatic heterocycles. The van der Waals surface area contributed by atoms with Crippen LogP contribution in [0.4, 0.5) is 0 Å². The molecular formula is C14H5ClN2O2S. The fourth-order valence-corrected chi connectivity index (χ4v) is 3.33. The second-order valence-electron chi connectivity index (χ2n) is 4.45. The van der Waals surface area contributed by atoms with Crippen LogP contribution in [0.3, 0.4) is 0 Å². The Bertz CT molecular complexity index is 917. The van der Waals surface area contributed by atoms with Gasteiger partial charge in [-0.05, 0) is 6.07 Å². The lowest BCUT2D eigenvalue weighted by atomic mass is 9.83. The van der Waals surface area contributed by atoms with Gasteiger partial charge in [-0.1, -0.05) is 35.9 Å². The van der Waals surface area contributed by atoms with E-state index in [1.165, 1.54) is 6.07 Å². The summed E-state index contributed by atoms with van der Waals surface area (Å²) in [6.07, 6.45) is 0. The predicted octanol–water partition coefficient (Wildman–Crippen LogP) is 3.12. The number of fused-ring (bicyclic) bond motifs is 4. The fraction of sp³-hybridized carbons (Fsp3) is 0. The first-order valence-corrected chi connectivity index (χ1v) is 6.92. The summed E-state index contributed by atoms with van der Waals surface area (Å²) in [4.78, 5) is 25.1. The lowest BCUT2D eigenvalue weighted by molar-refractivity contribution is 0.0980. The molecule has 0 radical (unpaired) electrons. The molecule has 4 rings (SSSR count). The molecule has 20 heavy (non-hydrogen) atoms. The first-order chi connectivity index (χ1) is 9.68. The minimum Gasteiger partial charge on any atom is -0.289 e. The quantitative estimate of drug-likeness (QED) is 0.500. The summed E-state index contributed by atoms with van der Waals surface area (Å²) < 4.78 is 8.20. The van der Waals surface area contributed by atoms with Crippen LogP contribution >= 0.6 is 23.3 Å². The van der Waals surface area contributed by atoms with Gasteiger partial charge < -0.3 is 0 Å². The van der Waals surface area contributed by atoms with Gasteiger partial charge in [-0.2, -0.15) is 8.75 Å².